The van der Waals surface area contributed by atoms with Gasteiger partial charge < -0.3 is 20.1 Å². The van der Waals surface area contributed by atoms with Gasteiger partial charge in [-0.2, -0.15) is 0 Å². The van der Waals surface area contributed by atoms with Crippen molar-refractivity contribution in [3.63, 3.8) is 0 Å². The molecule has 2 aliphatic rings. The molecule has 0 bridgehead atoms. The van der Waals surface area contributed by atoms with Crippen LogP contribution in [0, 0.1) is 5.92 Å². The number of hydrogen-bond donors (Lipinski definition) is 2. The van der Waals surface area contributed by atoms with E-state index in [9.17, 15) is 9.59 Å². The molecule has 0 aromatic heterocycles. The van der Waals surface area contributed by atoms with Gasteiger partial charge >= 0.3 is 12.0 Å². The predicted molar refractivity (Wildman–Crippen MR) is 68.9 cm³/mol. The standard InChI is InChI=1S/C13H22N2O4/c1-9-5-7-15(11(9)12(16)17)13(18)14-6-4-10-3-2-8-19-10/h9-11H,2-8H2,1H3,(H,14,18)(H,16,17). The van der Waals surface area contributed by atoms with E-state index in [0.29, 0.717) is 13.1 Å². The second kappa shape index (κ2) is 6.23. The van der Waals surface area contributed by atoms with Crippen LogP contribution >= 0.6 is 0 Å². The molecular formula is C13H22N2O4. The zero-order valence-electron chi connectivity index (χ0n) is 11.3. The average molecular weight is 270 g/mol. The first kappa shape index (κ1) is 14.1. The van der Waals surface area contributed by atoms with E-state index in [1.807, 2.05) is 6.92 Å². The van der Waals surface area contributed by atoms with Gasteiger partial charge in [0.1, 0.15) is 6.04 Å². The van der Waals surface area contributed by atoms with Crippen molar-refractivity contribution >= 4 is 12.0 Å². The van der Waals surface area contributed by atoms with Gasteiger partial charge in [0.05, 0.1) is 6.10 Å². The summed E-state index contributed by atoms with van der Waals surface area (Å²) in [6.07, 6.45) is 3.92. The number of amides is 2. The number of aliphatic carboxylic acids is 1. The predicted octanol–water partition coefficient (Wildman–Crippen LogP) is 1.06. The number of hydrogen-bond acceptors (Lipinski definition) is 3. The Bertz CT molecular complexity index is 342. The summed E-state index contributed by atoms with van der Waals surface area (Å²) in [5.41, 5.74) is 0. The lowest BCUT2D eigenvalue weighted by Crippen LogP contribution is -2.48. The van der Waals surface area contributed by atoms with Gasteiger partial charge in [-0.05, 0) is 31.6 Å². The summed E-state index contributed by atoms with van der Waals surface area (Å²) in [4.78, 5) is 24.6. The van der Waals surface area contributed by atoms with Gasteiger partial charge in [0.15, 0.2) is 0 Å². The van der Waals surface area contributed by atoms with Crippen LogP contribution < -0.4 is 5.32 Å². The van der Waals surface area contributed by atoms with Crippen molar-refractivity contribution in [2.75, 3.05) is 19.7 Å². The maximum Gasteiger partial charge on any atom is 0.326 e. The number of urea groups is 1. The molecule has 0 spiro atoms. The van der Waals surface area contributed by atoms with Gasteiger partial charge in [-0.1, -0.05) is 6.92 Å². The first-order valence-electron chi connectivity index (χ1n) is 6.98. The van der Waals surface area contributed by atoms with Crippen molar-refractivity contribution < 1.29 is 19.4 Å². The molecule has 0 aromatic carbocycles. The minimum Gasteiger partial charge on any atom is -0.480 e. The first-order chi connectivity index (χ1) is 9.09. The van der Waals surface area contributed by atoms with Crippen LogP contribution in [0.5, 0.6) is 0 Å². The van der Waals surface area contributed by atoms with E-state index in [2.05, 4.69) is 5.32 Å². The fraction of sp³-hybridized carbons (Fsp3) is 0.846. The van der Waals surface area contributed by atoms with E-state index < -0.39 is 12.0 Å². The van der Waals surface area contributed by atoms with Crippen LogP contribution in [0.15, 0.2) is 0 Å². The highest BCUT2D eigenvalue weighted by atomic mass is 16.5. The Hall–Kier alpha value is -1.30. The zero-order chi connectivity index (χ0) is 13.8. The number of rotatable bonds is 4. The molecule has 108 valence electrons. The Kier molecular flexibility index (Phi) is 4.63. The number of likely N-dealkylation sites (tertiary alicyclic amines) is 1. The Morgan fingerprint density at radius 3 is 2.84 bits per heavy atom. The van der Waals surface area contributed by atoms with E-state index >= 15 is 0 Å². The lowest BCUT2D eigenvalue weighted by Gasteiger charge is -2.24. The van der Waals surface area contributed by atoms with Crippen molar-refractivity contribution in [2.45, 2.75) is 44.8 Å². The molecule has 0 radical (unpaired) electrons. The highest BCUT2D eigenvalue weighted by Crippen LogP contribution is 2.24. The van der Waals surface area contributed by atoms with E-state index in [1.165, 1.54) is 4.90 Å². The second-order valence-electron chi connectivity index (χ2n) is 5.40. The number of nitrogens with zero attached hydrogens (tertiary/aromatic N) is 1. The maximum atomic E-state index is 12.0. The van der Waals surface area contributed by atoms with Crippen LogP contribution in [0.3, 0.4) is 0 Å². The molecule has 2 N–H and O–H groups in total. The van der Waals surface area contributed by atoms with Crippen molar-refractivity contribution in [3.8, 4) is 0 Å². The number of carbonyl (C=O) groups excluding carboxylic acids is 1. The lowest BCUT2D eigenvalue weighted by molar-refractivity contribution is -0.142. The molecule has 0 aliphatic carbocycles. The summed E-state index contributed by atoms with van der Waals surface area (Å²) in [7, 11) is 0. The molecule has 0 aromatic rings. The highest BCUT2D eigenvalue weighted by molar-refractivity contribution is 5.83. The monoisotopic (exact) mass is 270 g/mol. The molecule has 19 heavy (non-hydrogen) atoms. The van der Waals surface area contributed by atoms with Crippen LogP contribution in [-0.2, 0) is 9.53 Å². The van der Waals surface area contributed by atoms with E-state index in [-0.39, 0.29) is 18.1 Å². The largest absolute Gasteiger partial charge is 0.480 e. The SMILES string of the molecule is CC1CCN(C(=O)NCCC2CCCO2)C1C(=O)O. The summed E-state index contributed by atoms with van der Waals surface area (Å²) >= 11 is 0. The van der Waals surface area contributed by atoms with E-state index in [4.69, 9.17) is 9.84 Å². The molecule has 6 heteroatoms. The quantitative estimate of drug-likeness (QED) is 0.800. The Morgan fingerprint density at radius 1 is 1.42 bits per heavy atom. The molecule has 2 rings (SSSR count). The average Bonchev–Trinajstić information content (AvgIpc) is 2.97. The van der Waals surface area contributed by atoms with Crippen molar-refractivity contribution in [1.29, 1.82) is 0 Å². The van der Waals surface area contributed by atoms with E-state index in [0.717, 1.165) is 32.3 Å². The summed E-state index contributed by atoms with van der Waals surface area (Å²) in [6.45, 7) is 3.74. The molecule has 2 aliphatic heterocycles. The van der Waals surface area contributed by atoms with Crippen LogP contribution in [-0.4, -0.2) is 53.8 Å². The fourth-order valence-electron chi connectivity index (χ4n) is 2.87. The Labute approximate surface area is 113 Å². The zero-order valence-corrected chi connectivity index (χ0v) is 11.3. The lowest BCUT2D eigenvalue weighted by atomic mass is 10.0. The van der Waals surface area contributed by atoms with Gasteiger partial charge in [-0.3, -0.25) is 0 Å². The molecular weight excluding hydrogens is 248 g/mol. The van der Waals surface area contributed by atoms with Gasteiger partial charge in [-0.25, -0.2) is 9.59 Å². The summed E-state index contributed by atoms with van der Waals surface area (Å²) in [5.74, 6) is -0.902. The summed E-state index contributed by atoms with van der Waals surface area (Å²) < 4.78 is 5.48. The molecule has 2 heterocycles. The van der Waals surface area contributed by atoms with Gasteiger partial charge in [0.2, 0.25) is 0 Å². The number of ether oxygens (including phenoxy) is 1. The minimum absolute atomic E-state index is 0.0152. The molecule has 2 saturated heterocycles. The second-order valence-corrected chi connectivity index (χ2v) is 5.40. The van der Waals surface area contributed by atoms with Gasteiger partial charge in [0, 0.05) is 19.7 Å². The number of carboxylic acid groups (broad SMARTS) is 1. The summed E-state index contributed by atoms with van der Waals surface area (Å²) in [5, 5.41) is 12.0. The highest BCUT2D eigenvalue weighted by Gasteiger charge is 2.39. The molecule has 6 nitrogen and oxygen atoms in total. The normalized spacial score (nSPS) is 30.6. The molecule has 0 saturated carbocycles. The first-order valence-corrected chi connectivity index (χ1v) is 6.98. The number of nitrogens with one attached hydrogen (secondary N) is 1. The smallest absolute Gasteiger partial charge is 0.326 e. The molecule has 2 amide bonds. The van der Waals surface area contributed by atoms with Crippen LogP contribution in [0.1, 0.15) is 32.6 Å². The van der Waals surface area contributed by atoms with Gasteiger partial charge in [0.25, 0.3) is 0 Å². The van der Waals surface area contributed by atoms with Crippen molar-refractivity contribution in [1.82, 2.24) is 10.2 Å². The van der Waals surface area contributed by atoms with Crippen LogP contribution in [0.4, 0.5) is 4.79 Å². The van der Waals surface area contributed by atoms with Gasteiger partial charge in [-0.15, -0.1) is 0 Å². The Balaban J connectivity index is 1.77. The van der Waals surface area contributed by atoms with E-state index in [1.54, 1.807) is 0 Å². The fourth-order valence-corrected chi connectivity index (χ4v) is 2.87. The Morgan fingerprint density at radius 2 is 2.21 bits per heavy atom. The topological polar surface area (TPSA) is 78.9 Å². The van der Waals surface area contributed by atoms with Crippen LogP contribution in [0.25, 0.3) is 0 Å². The summed E-state index contributed by atoms with van der Waals surface area (Å²) in [6, 6.07) is -0.961. The number of carbonyl (C=O) groups is 2. The van der Waals surface area contributed by atoms with Crippen LogP contribution in [0.2, 0.25) is 0 Å². The maximum absolute atomic E-state index is 12.0. The molecule has 3 atom stereocenters. The van der Waals surface area contributed by atoms with Crippen molar-refractivity contribution in [2.24, 2.45) is 5.92 Å². The third-order valence-corrected chi connectivity index (χ3v) is 3.98. The third kappa shape index (κ3) is 3.37. The molecule has 2 fully saturated rings. The molecule has 3 unspecified atom stereocenters. The third-order valence-electron chi connectivity index (χ3n) is 3.98. The minimum atomic E-state index is -0.917. The number of carboxylic acids is 1. The van der Waals surface area contributed by atoms with Crippen molar-refractivity contribution in [3.05, 3.63) is 0 Å².